The molecule has 1 saturated heterocycles. The van der Waals surface area contributed by atoms with Crippen molar-refractivity contribution in [2.45, 2.75) is 28.6 Å². The fourth-order valence-electron chi connectivity index (χ4n) is 4.76. The van der Waals surface area contributed by atoms with Crippen LogP contribution in [0.4, 0.5) is 17.3 Å². The standard InChI is InChI=1S/C25H23N5O4S2/c31-35(32,21-11-5-2-6-12-21)28-17-15-19(16-18-28)24-26-25-29(20-9-3-1-4-10-20)22-13-7-8-14-23(22)36(33,34)30(25)27-24/h1-14,19H,15-18H2. The van der Waals surface area contributed by atoms with E-state index < -0.39 is 20.0 Å². The van der Waals surface area contributed by atoms with Gasteiger partial charge in [0.1, 0.15) is 4.90 Å². The number of piperidine rings is 1. The maximum Gasteiger partial charge on any atom is 0.288 e. The van der Waals surface area contributed by atoms with Crippen LogP contribution in [0.3, 0.4) is 0 Å². The molecule has 0 N–H and O–H groups in total. The molecule has 0 saturated carbocycles. The van der Waals surface area contributed by atoms with E-state index in [0.29, 0.717) is 37.4 Å². The van der Waals surface area contributed by atoms with Gasteiger partial charge in [-0.05, 0) is 49.2 Å². The van der Waals surface area contributed by atoms with Gasteiger partial charge in [-0.15, -0.1) is 9.19 Å². The van der Waals surface area contributed by atoms with Gasteiger partial charge in [0.25, 0.3) is 10.0 Å². The summed E-state index contributed by atoms with van der Waals surface area (Å²) in [5.74, 6) is 0.439. The lowest BCUT2D eigenvalue weighted by Crippen LogP contribution is -2.38. The molecule has 11 heteroatoms. The molecule has 1 fully saturated rings. The molecular formula is C25H23N5O4S2. The van der Waals surface area contributed by atoms with E-state index in [1.54, 1.807) is 59.5 Å². The van der Waals surface area contributed by atoms with Crippen LogP contribution in [0.2, 0.25) is 0 Å². The topological polar surface area (TPSA) is 105 Å². The molecule has 0 unspecified atom stereocenters. The second kappa shape index (κ2) is 8.54. The average molecular weight is 522 g/mol. The Kier molecular flexibility index (Phi) is 5.43. The number of benzene rings is 3. The van der Waals surface area contributed by atoms with Crippen molar-refractivity contribution < 1.29 is 16.8 Å². The highest BCUT2D eigenvalue weighted by atomic mass is 32.2. The molecule has 2 aliphatic heterocycles. The first-order valence-electron chi connectivity index (χ1n) is 11.6. The van der Waals surface area contributed by atoms with Crippen molar-refractivity contribution in [3.05, 3.63) is 90.8 Å². The highest BCUT2D eigenvalue weighted by Gasteiger charge is 2.39. The summed E-state index contributed by atoms with van der Waals surface area (Å²) >= 11 is 0. The summed E-state index contributed by atoms with van der Waals surface area (Å²) in [7, 11) is -7.52. The smallest absolute Gasteiger partial charge is 0.277 e. The van der Waals surface area contributed by atoms with E-state index in [-0.39, 0.29) is 21.7 Å². The Labute approximate surface area is 209 Å². The van der Waals surface area contributed by atoms with Crippen molar-refractivity contribution >= 4 is 37.4 Å². The molecule has 36 heavy (non-hydrogen) atoms. The first kappa shape index (κ1) is 22.9. The molecule has 4 aromatic rings. The molecule has 0 aliphatic carbocycles. The maximum atomic E-state index is 13.5. The van der Waals surface area contributed by atoms with E-state index in [9.17, 15) is 16.8 Å². The van der Waals surface area contributed by atoms with Gasteiger partial charge in [0.15, 0.2) is 5.82 Å². The Morgan fingerprint density at radius 2 is 1.42 bits per heavy atom. The summed E-state index contributed by atoms with van der Waals surface area (Å²) in [6.45, 7) is 0.613. The molecule has 0 spiro atoms. The molecule has 3 aromatic carbocycles. The van der Waals surface area contributed by atoms with E-state index in [0.717, 1.165) is 9.77 Å². The zero-order valence-electron chi connectivity index (χ0n) is 19.2. The highest BCUT2D eigenvalue weighted by Crippen LogP contribution is 2.43. The quantitative estimate of drug-likeness (QED) is 0.354. The van der Waals surface area contributed by atoms with Crippen LogP contribution >= 0.6 is 0 Å². The Balaban J connectivity index is 1.34. The summed E-state index contributed by atoms with van der Waals surface area (Å²) in [5.41, 5.74) is 1.28. The van der Waals surface area contributed by atoms with Crippen LogP contribution in [-0.4, -0.2) is 48.4 Å². The minimum atomic E-state index is -3.94. The van der Waals surface area contributed by atoms with Gasteiger partial charge in [0, 0.05) is 24.7 Å². The Morgan fingerprint density at radius 3 is 2.11 bits per heavy atom. The molecule has 0 bridgehead atoms. The number of anilines is 3. The van der Waals surface area contributed by atoms with Crippen LogP contribution in [0.15, 0.2) is 94.7 Å². The molecule has 6 rings (SSSR count). The second-order valence-corrected chi connectivity index (χ2v) is 12.4. The number of fused-ring (bicyclic) bond motifs is 2. The predicted octanol–water partition coefficient (Wildman–Crippen LogP) is 3.87. The van der Waals surface area contributed by atoms with E-state index in [1.807, 2.05) is 30.3 Å². The third-order valence-electron chi connectivity index (χ3n) is 6.61. The summed E-state index contributed by atoms with van der Waals surface area (Å²) in [4.78, 5) is 6.92. The zero-order valence-corrected chi connectivity index (χ0v) is 20.8. The number of hydrogen-bond acceptors (Lipinski definition) is 7. The number of hydrogen-bond donors (Lipinski definition) is 0. The van der Waals surface area contributed by atoms with Gasteiger partial charge < -0.3 is 0 Å². The molecule has 0 radical (unpaired) electrons. The molecule has 3 heterocycles. The van der Waals surface area contributed by atoms with Crippen molar-refractivity contribution in [3.63, 3.8) is 0 Å². The van der Waals surface area contributed by atoms with Crippen molar-refractivity contribution in [1.29, 1.82) is 0 Å². The molecular weight excluding hydrogens is 498 g/mol. The van der Waals surface area contributed by atoms with Crippen LogP contribution in [0.1, 0.15) is 24.6 Å². The van der Waals surface area contributed by atoms with Gasteiger partial charge >= 0.3 is 0 Å². The minimum Gasteiger partial charge on any atom is -0.277 e. The van der Waals surface area contributed by atoms with Gasteiger partial charge in [-0.25, -0.2) is 8.42 Å². The lowest BCUT2D eigenvalue weighted by molar-refractivity contribution is 0.313. The summed E-state index contributed by atoms with van der Waals surface area (Å²) in [5, 5.41) is 4.46. The lowest BCUT2D eigenvalue weighted by atomic mass is 9.98. The molecule has 1 aromatic heterocycles. The second-order valence-electron chi connectivity index (χ2n) is 8.75. The molecule has 184 valence electrons. The monoisotopic (exact) mass is 521 g/mol. The van der Waals surface area contributed by atoms with E-state index >= 15 is 0 Å². The van der Waals surface area contributed by atoms with Crippen LogP contribution < -0.4 is 4.90 Å². The van der Waals surface area contributed by atoms with E-state index in [4.69, 9.17) is 4.98 Å². The first-order chi connectivity index (χ1) is 17.4. The molecule has 9 nitrogen and oxygen atoms in total. The Hall–Kier alpha value is -3.54. The van der Waals surface area contributed by atoms with Crippen LogP contribution in [-0.2, 0) is 20.0 Å². The number of aromatic nitrogens is 3. The fraction of sp³-hybridized carbons (Fsp3) is 0.200. The Bertz CT molecular complexity index is 1630. The van der Waals surface area contributed by atoms with Crippen LogP contribution in [0.5, 0.6) is 0 Å². The number of rotatable bonds is 4. The van der Waals surface area contributed by atoms with Crippen LogP contribution in [0.25, 0.3) is 0 Å². The highest BCUT2D eigenvalue weighted by molar-refractivity contribution is 7.90. The SMILES string of the molecule is O=S(=O)(c1ccccc1)N1CCC(c2nc3n(n2)S(=O)(=O)c2ccccc2N3c2ccccc2)CC1. The third kappa shape index (κ3) is 3.62. The van der Waals surface area contributed by atoms with Gasteiger partial charge in [-0.2, -0.15) is 17.7 Å². The van der Waals surface area contributed by atoms with Crippen molar-refractivity contribution in [2.24, 2.45) is 0 Å². The molecule has 0 amide bonds. The van der Waals surface area contributed by atoms with E-state index in [2.05, 4.69) is 5.10 Å². The largest absolute Gasteiger partial charge is 0.288 e. The molecule has 2 aliphatic rings. The predicted molar refractivity (Wildman–Crippen MR) is 134 cm³/mol. The Morgan fingerprint density at radius 1 is 0.806 bits per heavy atom. The summed E-state index contributed by atoms with van der Waals surface area (Å²) in [6.07, 6.45) is 0.988. The molecule has 0 atom stereocenters. The minimum absolute atomic E-state index is 0.154. The van der Waals surface area contributed by atoms with Gasteiger partial charge in [-0.3, -0.25) is 4.90 Å². The van der Waals surface area contributed by atoms with Crippen molar-refractivity contribution in [1.82, 2.24) is 18.5 Å². The lowest BCUT2D eigenvalue weighted by Gasteiger charge is -2.30. The fourth-order valence-corrected chi connectivity index (χ4v) is 7.64. The first-order valence-corrected chi connectivity index (χ1v) is 14.5. The number of para-hydroxylation sites is 2. The maximum absolute atomic E-state index is 13.5. The zero-order chi connectivity index (χ0) is 24.9. The van der Waals surface area contributed by atoms with Gasteiger partial charge in [-0.1, -0.05) is 48.5 Å². The normalized spacial score (nSPS) is 17.9. The van der Waals surface area contributed by atoms with Crippen molar-refractivity contribution in [2.75, 3.05) is 18.0 Å². The van der Waals surface area contributed by atoms with Crippen LogP contribution in [0, 0.1) is 0 Å². The summed E-state index contributed by atoms with van der Waals surface area (Å²) < 4.78 is 55.4. The van der Waals surface area contributed by atoms with Gasteiger partial charge in [0.05, 0.1) is 10.6 Å². The number of sulfonamides is 1. The number of nitrogens with zero attached hydrogens (tertiary/aromatic N) is 5. The summed E-state index contributed by atoms with van der Waals surface area (Å²) in [6, 6.07) is 24.6. The third-order valence-corrected chi connectivity index (χ3v) is 10.1. The van der Waals surface area contributed by atoms with E-state index in [1.165, 1.54) is 4.31 Å². The van der Waals surface area contributed by atoms with Gasteiger partial charge in [0.2, 0.25) is 16.0 Å². The average Bonchev–Trinajstić information content (AvgIpc) is 3.36. The van der Waals surface area contributed by atoms with Crippen molar-refractivity contribution in [3.8, 4) is 0 Å².